The fourth-order valence-corrected chi connectivity index (χ4v) is 2.93. The minimum atomic E-state index is -4.35. The van der Waals surface area contributed by atoms with Crippen molar-refractivity contribution in [1.29, 1.82) is 0 Å². The number of hydrogen-bond acceptors (Lipinski definition) is 3. The average molecular weight is 299 g/mol. The number of nitrogens with one attached hydrogen (secondary N) is 1. The number of rotatable bonds is 4. The Kier molecular flexibility index (Phi) is 4.06. The van der Waals surface area contributed by atoms with Crippen LogP contribution in [0.2, 0.25) is 0 Å². The Morgan fingerprint density at radius 1 is 1.24 bits per heavy atom. The molecule has 1 aromatic rings. The van der Waals surface area contributed by atoms with Crippen LogP contribution in [-0.2, 0) is 6.18 Å². The van der Waals surface area contributed by atoms with Crippen molar-refractivity contribution in [2.75, 3.05) is 18.0 Å². The van der Waals surface area contributed by atoms with Crippen LogP contribution < -0.4 is 10.2 Å². The second kappa shape index (κ2) is 5.83. The van der Waals surface area contributed by atoms with Gasteiger partial charge in [-0.05, 0) is 44.2 Å². The van der Waals surface area contributed by atoms with E-state index in [1.54, 1.807) is 0 Å². The van der Waals surface area contributed by atoms with E-state index in [9.17, 15) is 13.2 Å². The summed E-state index contributed by atoms with van der Waals surface area (Å²) in [6.45, 7) is 1.40. The van der Waals surface area contributed by atoms with Gasteiger partial charge in [-0.15, -0.1) is 0 Å². The van der Waals surface area contributed by atoms with Crippen molar-refractivity contribution in [3.8, 4) is 0 Å². The van der Waals surface area contributed by atoms with Crippen LogP contribution in [0.5, 0.6) is 0 Å². The molecule has 2 fully saturated rings. The van der Waals surface area contributed by atoms with Gasteiger partial charge in [0.1, 0.15) is 5.82 Å². The lowest BCUT2D eigenvalue weighted by molar-refractivity contribution is -0.137. The Labute approximate surface area is 122 Å². The summed E-state index contributed by atoms with van der Waals surface area (Å²) in [6.07, 6.45) is 2.39. The Bertz CT molecular complexity index is 485. The molecule has 2 aliphatic rings. The molecule has 116 valence electrons. The highest BCUT2D eigenvalue weighted by Crippen LogP contribution is 2.37. The maximum absolute atomic E-state index is 13.2. The Morgan fingerprint density at radius 3 is 2.76 bits per heavy atom. The number of nitrogens with zero attached hydrogens (tertiary/aromatic N) is 2. The number of piperidine rings is 1. The summed E-state index contributed by atoms with van der Waals surface area (Å²) in [6, 6.07) is 3.16. The van der Waals surface area contributed by atoms with E-state index in [2.05, 4.69) is 10.3 Å². The molecule has 1 saturated heterocycles. The quantitative estimate of drug-likeness (QED) is 0.925. The lowest BCUT2D eigenvalue weighted by Gasteiger charge is -2.38. The van der Waals surface area contributed by atoms with Crippen LogP contribution in [0.3, 0.4) is 0 Å². The number of aromatic nitrogens is 1. The summed E-state index contributed by atoms with van der Waals surface area (Å²) in [7, 11) is 0. The van der Waals surface area contributed by atoms with Gasteiger partial charge in [0, 0.05) is 31.4 Å². The van der Waals surface area contributed by atoms with Crippen molar-refractivity contribution < 1.29 is 13.2 Å². The second-order valence-electron chi connectivity index (χ2n) is 5.90. The van der Waals surface area contributed by atoms with Crippen LogP contribution in [0, 0.1) is 0 Å². The number of halogens is 3. The zero-order valence-corrected chi connectivity index (χ0v) is 11.9. The molecule has 1 saturated carbocycles. The van der Waals surface area contributed by atoms with Gasteiger partial charge in [0.15, 0.2) is 0 Å². The van der Waals surface area contributed by atoms with E-state index < -0.39 is 11.7 Å². The fraction of sp³-hybridized carbons (Fsp3) is 0.667. The van der Waals surface area contributed by atoms with E-state index in [4.69, 9.17) is 0 Å². The highest BCUT2D eigenvalue weighted by Gasteiger charge is 2.37. The lowest BCUT2D eigenvalue weighted by atomic mass is 10.0. The van der Waals surface area contributed by atoms with Gasteiger partial charge in [0.25, 0.3) is 0 Å². The van der Waals surface area contributed by atoms with Crippen LogP contribution in [0.1, 0.15) is 37.7 Å². The van der Waals surface area contributed by atoms with Gasteiger partial charge >= 0.3 is 6.18 Å². The van der Waals surface area contributed by atoms with Crippen LogP contribution in [0.15, 0.2) is 18.3 Å². The molecule has 21 heavy (non-hydrogen) atoms. The lowest BCUT2D eigenvalue weighted by Crippen LogP contribution is -2.47. The first-order valence-electron chi connectivity index (χ1n) is 7.58. The molecule has 3 rings (SSSR count). The third-order valence-corrected chi connectivity index (χ3v) is 4.21. The Morgan fingerprint density at radius 2 is 2.05 bits per heavy atom. The maximum atomic E-state index is 13.2. The van der Waals surface area contributed by atoms with E-state index in [1.165, 1.54) is 25.1 Å². The third kappa shape index (κ3) is 3.48. The molecule has 1 N–H and O–H groups in total. The molecule has 0 amide bonds. The van der Waals surface area contributed by atoms with Crippen molar-refractivity contribution >= 4 is 5.82 Å². The monoisotopic (exact) mass is 299 g/mol. The van der Waals surface area contributed by atoms with E-state index in [0.29, 0.717) is 12.6 Å². The molecule has 1 aliphatic carbocycles. The molecular weight excluding hydrogens is 279 g/mol. The van der Waals surface area contributed by atoms with Crippen molar-refractivity contribution in [3.05, 3.63) is 23.9 Å². The molecule has 2 heterocycles. The van der Waals surface area contributed by atoms with Crippen molar-refractivity contribution in [3.63, 3.8) is 0 Å². The molecule has 1 atom stereocenters. The highest BCUT2D eigenvalue weighted by molar-refractivity contribution is 5.49. The normalized spacial score (nSPS) is 23.4. The standard InChI is InChI=1S/C15H20F3N3/c16-15(17,18)13-5-3-8-19-14(13)21-9-2-1-4-12(21)10-20-11-6-7-11/h3,5,8,11-12,20H,1-2,4,6-7,9-10H2. The van der Waals surface area contributed by atoms with E-state index in [-0.39, 0.29) is 11.9 Å². The first kappa shape index (κ1) is 14.6. The fourth-order valence-electron chi connectivity index (χ4n) is 2.93. The average Bonchev–Trinajstić information content (AvgIpc) is 3.29. The largest absolute Gasteiger partial charge is 0.419 e. The summed E-state index contributed by atoms with van der Waals surface area (Å²) < 4.78 is 39.5. The summed E-state index contributed by atoms with van der Waals surface area (Å²) in [4.78, 5) is 5.89. The maximum Gasteiger partial charge on any atom is 0.419 e. The molecule has 1 unspecified atom stereocenters. The van der Waals surface area contributed by atoms with Crippen molar-refractivity contribution in [2.45, 2.75) is 50.4 Å². The number of alkyl halides is 3. The zero-order valence-electron chi connectivity index (χ0n) is 11.9. The molecule has 0 aromatic carbocycles. The second-order valence-corrected chi connectivity index (χ2v) is 5.90. The van der Waals surface area contributed by atoms with Gasteiger partial charge < -0.3 is 10.2 Å². The molecule has 0 spiro atoms. The SMILES string of the molecule is FC(F)(F)c1cccnc1N1CCCCC1CNC1CC1. The topological polar surface area (TPSA) is 28.2 Å². The van der Waals surface area contributed by atoms with Crippen LogP contribution >= 0.6 is 0 Å². The van der Waals surface area contributed by atoms with Crippen molar-refractivity contribution in [1.82, 2.24) is 10.3 Å². The number of pyridine rings is 1. The number of hydrogen-bond donors (Lipinski definition) is 1. The molecule has 1 aliphatic heterocycles. The van der Waals surface area contributed by atoms with Crippen LogP contribution in [0.4, 0.5) is 19.0 Å². The molecule has 3 nitrogen and oxygen atoms in total. The molecule has 6 heteroatoms. The summed E-state index contributed by atoms with van der Waals surface area (Å²) in [5.41, 5.74) is -0.622. The summed E-state index contributed by atoms with van der Waals surface area (Å²) in [5, 5.41) is 3.43. The first-order valence-corrected chi connectivity index (χ1v) is 7.58. The van der Waals surface area contributed by atoms with E-state index in [0.717, 1.165) is 31.9 Å². The zero-order chi connectivity index (χ0) is 14.9. The minimum absolute atomic E-state index is 0.0901. The molecule has 1 aromatic heterocycles. The van der Waals surface area contributed by atoms with E-state index in [1.807, 2.05) is 4.90 Å². The molecule has 0 bridgehead atoms. The minimum Gasteiger partial charge on any atom is -0.352 e. The predicted octanol–water partition coefficient (Wildman–Crippen LogP) is 3.21. The third-order valence-electron chi connectivity index (χ3n) is 4.21. The van der Waals surface area contributed by atoms with Gasteiger partial charge in [-0.1, -0.05) is 0 Å². The van der Waals surface area contributed by atoms with Gasteiger partial charge in [-0.2, -0.15) is 13.2 Å². The van der Waals surface area contributed by atoms with Crippen molar-refractivity contribution in [2.24, 2.45) is 0 Å². The van der Waals surface area contributed by atoms with Gasteiger partial charge in [-0.25, -0.2) is 4.98 Å². The van der Waals surface area contributed by atoms with Gasteiger partial charge in [0.05, 0.1) is 5.56 Å². The smallest absolute Gasteiger partial charge is 0.352 e. The Hall–Kier alpha value is -1.30. The summed E-state index contributed by atoms with van der Waals surface area (Å²) >= 11 is 0. The molecular formula is C15H20F3N3. The molecule has 0 radical (unpaired) electrons. The Balaban J connectivity index is 1.81. The van der Waals surface area contributed by atoms with Gasteiger partial charge in [0.2, 0.25) is 0 Å². The van der Waals surface area contributed by atoms with E-state index >= 15 is 0 Å². The predicted molar refractivity (Wildman–Crippen MR) is 75.2 cm³/mol. The highest BCUT2D eigenvalue weighted by atomic mass is 19.4. The van der Waals surface area contributed by atoms with Crippen LogP contribution in [-0.4, -0.2) is 30.2 Å². The number of anilines is 1. The van der Waals surface area contributed by atoms with Crippen LogP contribution in [0.25, 0.3) is 0 Å². The first-order chi connectivity index (χ1) is 10.1. The summed E-state index contributed by atoms with van der Waals surface area (Å²) in [5.74, 6) is 0.0901. The van der Waals surface area contributed by atoms with Gasteiger partial charge in [-0.3, -0.25) is 0 Å².